The fraction of sp³-hybridized carbons (Fsp3) is 0.600. The number of nitrogens with one attached hydrogen (secondary N) is 1. The fourth-order valence-corrected chi connectivity index (χ4v) is 3.59. The van der Waals surface area contributed by atoms with Gasteiger partial charge in [-0.05, 0) is 32.9 Å². The monoisotopic (exact) mass is 359 g/mol. The molecule has 2 heterocycles. The van der Waals surface area contributed by atoms with Crippen LogP contribution >= 0.6 is 0 Å². The summed E-state index contributed by atoms with van der Waals surface area (Å²) in [6.07, 6.45) is 0.275. The Morgan fingerprint density at radius 3 is 2.54 bits per heavy atom. The molecule has 0 bridgehead atoms. The van der Waals surface area contributed by atoms with Gasteiger partial charge in [-0.15, -0.1) is 0 Å². The molecule has 0 aliphatic carbocycles. The van der Waals surface area contributed by atoms with Gasteiger partial charge in [0.15, 0.2) is 0 Å². The molecule has 1 aromatic carbocycles. The molecular formula is C20H29N3O3. The zero-order valence-electron chi connectivity index (χ0n) is 16.0. The first kappa shape index (κ1) is 18.9. The van der Waals surface area contributed by atoms with Crippen LogP contribution in [0.2, 0.25) is 0 Å². The summed E-state index contributed by atoms with van der Waals surface area (Å²) in [5.74, 6) is -0.306. The van der Waals surface area contributed by atoms with Gasteiger partial charge in [-0.25, -0.2) is 0 Å². The molecule has 0 aromatic heterocycles. The number of hydrogen-bond donors (Lipinski definition) is 1. The number of ether oxygens (including phenoxy) is 1. The predicted molar refractivity (Wildman–Crippen MR) is 101 cm³/mol. The van der Waals surface area contributed by atoms with E-state index in [9.17, 15) is 9.59 Å². The highest BCUT2D eigenvalue weighted by molar-refractivity contribution is 6.00. The maximum atomic E-state index is 12.6. The lowest BCUT2D eigenvalue weighted by Crippen LogP contribution is -2.55. The molecule has 1 N–H and O–H groups in total. The first-order valence-corrected chi connectivity index (χ1v) is 9.34. The van der Waals surface area contributed by atoms with Crippen molar-refractivity contribution in [2.45, 2.75) is 32.7 Å². The zero-order chi connectivity index (χ0) is 18.7. The normalized spacial score (nSPS) is 21.9. The van der Waals surface area contributed by atoms with Crippen molar-refractivity contribution in [1.29, 1.82) is 0 Å². The first-order chi connectivity index (χ1) is 12.4. The van der Waals surface area contributed by atoms with E-state index >= 15 is 0 Å². The summed E-state index contributed by atoms with van der Waals surface area (Å²) < 4.78 is 5.40. The molecule has 1 aromatic rings. The predicted octanol–water partition coefficient (Wildman–Crippen LogP) is 1.57. The molecule has 2 aliphatic heterocycles. The molecule has 2 aliphatic rings. The lowest BCUT2D eigenvalue weighted by atomic mass is 10.0. The summed E-state index contributed by atoms with van der Waals surface area (Å²) in [6.45, 7) is 10.5. The molecule has 142 valence electrons. The minimum absolute atomic E-state index is 0.0152. The summed E-state index contributed by atoms with van der Waals surface area (Å²) in [7, 11) is 0. The van der Waals surface area contributed by atoms with Gasteiger partial charge >= 0.3 is 0 Å². The molecule has 3 rings (SSSR count). The van der Waals surface area contributed by atoms with Gasteiger partial charge in [-0.1, -0.05) is 17.7 Å². The topological polar surface area (TPSA) is 61.9 Å². The second kappa shape index (κ2) is 7.76. The number of carbonyl (C=O) groups excluding carboxylic acids is 2. The molecule has 1 atom stereocenters. The lowest BCUT2D eigenvalue weighted by molar-refractivity contribution is -0.127. The Labute approximate surface area is 155 Å². The Morgan fingerprint density at radius 2 is 1.88 bits per heavy atom. The minimum atomic E-state index is -0.288. The largest absolute Gasteiger partial charge is 0.379 e. The van der Waals surface area contributed by atoms with Gasteiger partial charge in [-0.2, -0.15) is 0 Å². The van der Waals surface area contributed by atoms with Crippen molar-refractivity contribution in [3.05, 3.63) is 29.8 Å². The molecule has 2 fully saturated rings. The number of anilines is 1. The van der Waals surface area contributed by atoms with Gasteiger partial charge in [-0.3, -0.25) is 14.5 Å². The Balaban J connectivity index is 1.55. The average molecular weight is 359 g/mol. The molecule has 2 amide bonds. The third kappa shape index (κ3) is 4.24. The van der Waals surface area contributed by atoms with Gasteiger partial charge in [0.2, 0.25) is 11.8 Å². The molecule has 26 heavy (non-hydrogen) atoms. The van der Waals surface area contributed by atoms with Crippen LogP contribution in [-0.2, 0) is 14.3 Å². The van der Waals surface area contributed by atoms with E-state index in [2.05, 4.69) is 24.1 Å². The van der Waals surface area contributed by atoms with Crippen molar-refractivity contribution >= 4 is 17.5 Å². The number of rotatable bonds is 5. The Hall–Kier alpha value is -1.92. The number of benzene rings is 1. The van der Waals surface area contributed by atoms with Gasteiger partial charge in [0, 0.05) is 43.8 Å². The van der Waals surface area contributed by atoms with E-state index in [1.54, 1.807) is 4.90 Å². The second-order valence-corrected chi connectivity index (χ2v) is 7.87. The summed E-state index contributed by atoms with van der Waals surface area (Å²) >= 11 is 0. The van der Waals surface area contributed by atoms with E-state index in [4.69, 9.17) is 4.74 Å². The number of morpholine rings is 1. The van der Waals surface area contributed by atoms with E-state index in [1.165, 1.54) is 0 Å². The van der Waals surface area contributed by atoms with Gasteiger partial charge in [0.05, 0.1) is 19.1 Å². The Morgan fingerprint density at radius 1 is 1.23 bits per heavy atom. The molecule has 6 heteroatoms. The molecular weight excluding hydrogens is 330 g/mol. The zero-order valence-corrected chi connectivity index (χ0v) is 16.0. The number of nitrogens with zero attached hydrogens (tertiary/aromatic N) is 2. The van der Waals surface area contributed by atoms with Crippen LogP contribution in [0.3, 0.4) is 0 Å². The second-order valence-electron chi connectivity index (χ2n) is 7.87. The van der Waals surface area contributed by atoms with Crippen molar-refractivity contribution in [2.75, 3.05) is 44.3 Å². The summed E-state index contributed by atoms with van der Waals surface area (Å²) in [6, 6.07) is 7.85. The maximum Gasteiger partial charge on any atom is 0.227 e. The maximum absolute atomic E-state index is 12.6. The minimum Gasteiger partial charge on any atom is -0.379 e. The van der Waals surface area contributed by atoms with E-state index < -0.39 is 0 Å². The summed E-state index contributed by atoms with van der Waals surface area (Å²) in [4.78, 5) is 29.0. The van der Waals surface area contributed by atoms with Gasteiger partial charge < -0.3 is 15.0 Å². The fourth-order valence-electron chi connectivity index (χ4n) is 3.59. The molecule has 0 saturated carbocycles. The standard InChI is InChI=1S/C20H29N3O3/c1-15-4-6-17(7-5-15)23-13-16(12-18(23)24)19(25)21-14-20(2,3)22-8-10-26-11-9-22/h4-7,16H,8-14H2,1-3H3,(H,21,25). The van der Waals surface area contributed by atoms with Crippen LogP contribution in [0.15, 0.2) is 24.3 Å². The van der Waals surface area contributed by atoms with Gasteiger partial charge in [0.1, 0.15) is 0 Å². The number of hydrogen-bond acceptors (Lipinski definition) is 4. The molecule has 1 unspecified atom stereocenters. The van der Waals surface area contributed by atoms with Crippen LogP contribution < -0.4 is 10.2 Å². The van der Waals surface area contributed by atoms with Crippen LogP contribution in [-0.4, -0.2) is 61.6 Å². The Bertz CT molecular complexity index is 651. The smallest absolute Gasteiger partial charge is 0.227 e. The third-order valence-electron chi connectivity index (χ3n) is 5.40. The van der Waals surface area contributed by atoms with Crippen molar-refractivity contribution in [1.82, 2.24) is 10.2 Å². The van der Waals surface area contributed by atoms with Gasteiger partial charge in [0.25, 0.3) is 0 Å². The van der Waals surface area contributed by atoms with Crippen LogP contribution in [0.4, 0.5) is 5.69 Å². The number of aryl methyl sites for hydroxylation is 1. The van der Waals surface area contributed by atoms with E-state index in [0.29, 0.717) is 13.1 Å². The quantitative estimate of drug-likeness (QED) is 0.867. The highest BCUT2D eigenvalue weighted by atomic mass is 16.5. The van der Waals surface area contributed by atoms with Crippen molar-refractivity contribution in [3.8, 4) is 0 Å². The number of amides is 2. The van der Waals surface area contributed by atoms with Crippen molar-refractivity contribution in [2.24, 2.45) is 5.92 Å². The lowest BCUT2D eigenvalue weighted by Gasteiger charge is -2.41. The average Bonchev–Trinajstić information content (AvgIpc) is 3.03. The van der Waals surface area contributed by atoms with E-state index in [-0.39, 0.29) is 29.7 Å². The highest BCUT2D eigenvalue weighted by Gasteiger charge is 2.36. The summed E-state index contributed by atoms with van der Waals surface area (Å²) in [5.41, 5.74) is 1.89. The van der Waals surface area contributed by atoms with Crippen LogP contribution in [0.5, 0.6) is 0 Å². The van der Waals surface area contributed by atoms with Crippen molar-refractivity contribution < 1.29 is 14.3 Å². The molecule has 0 radical (unpaired) electrons. The first-order valence-electron chi connectivity index (χ1n) is 9.34. The van der Waals surface area contributed by atoms with E-state index in [1.807, 2.05) is 31.2 Å². The number of carbonyl (C=O) groups is 2. The van der Waals surface area contributed by atoms with Crippen molar-refractivity contribution in [3.63, 3.8) is 0 Å². The Kier molecular flexibility index (Phi) is 5.63. The van der Waals surface area contributed by atoms with E-state index in [0.717, 1.165) is 37.6 Å². The highest BCUT2D eigenvalue weighted by Crippen LogP contribution is 2.25. The van der Waals surface area contributed by atoms with Crippen LogP contribution in [0.25, 0.3) is 0 Å². The van der Waals surface area contributed by atoms with Crippen LogP contribution in [0, 0.1) is 12.8 Å². The van der Waals surface area contributed by atoms with Crippen LogP contribution in [0.1, 0.15) is 25.8 Å². The summed E-state index contributed by atoms with van der Waals surface area (Å²) in [5, 5.41) is 3.06. The molecule has 6 nitrogen and oxygen atoms in total. The third-order valence-corrected chi connectivity index (χ3v) is 5.40. The molecule has 2 saturated heterocycles. The molecule has 0 spiro atoms. The SMILES string of the molecule is Cc1ccc(N2CC(C(=O)NCC(C)(C)N3CCOCC3)CC2=O)cc1.